The van der Waals surface area contributed by atoms with Crippen molar-refractivity contribution in [2.75, 3.05) is 0 Å². The highest BCUT2D eigenvalue weighted by Crippen LogP contribution is 2.36. The van der Waals surface area contributed by atoms with Crippen LogP contribution in [0.25, 0.3) is 5.69 Å². The van der Waals surface area contributed by atoms with Crippen LogP contribution in [0.3, 0.4) is 0 Å². The molecule has 1 aromatic heterocycles. The Morgan fingerprint density at radius 1 is 1.14 bits per heavy atom. The first-order chi connectivity index (χ1) is 13.7. The summed E-state index contributed by atoms with van der Waals surface area (Å²) in [6.07, 6.45) is 0. The van der Waals surface area contributed by atoms with Crippen LogP contribution in [0.1, 0.15) is 16.2 Å². The fourth-order valence-corrected chi connectivity index (χ4v) is 3.39. The van der Waals surface area contributed by atoms with Crippen molar-refractivity contribution in [3.8, 4) is 11.4 Å². The highest BCUT2D eigenvalue weighted by Gasteiger charge is 2.23. The van der Waals surface area contributed by atoms with Gasteiger partial charge in [0.1, 0.15) is 5.69 Å². The van der Waals surface area contributed by atoms with Crippen LogP contribution in [-0.4, -0.2) is 20.7 Å². The van der Waals surface area contributed by atoms with Crippen LogP contribution in [0.15, 0.2) is 47.3 Å². The third-order valence-electron chi connectivity index (χ3n) is 3.77. The molecule has 0 N–H and O–H groups in total. The Labute approximate surface area is 178 Å². The molecule has 0 saturated heterocycles. The number of aromatic nitrogens is 2. The molecule has 0 aliphatic heterocycles. The van der Waals surface area contributed by atoms with Crippen molar-refractivity contribution in [1.82, 2.24) is 9.78 Å². The molecule has 0 amide bonds. The number of nitro benzene ring substituents is 1. The molecule has 8 nitrogen and oxygen atoms in total. The van der Waals surface area contributed by atoms with E-state index in [1.165, 1.54) is 37.3 Å². The van der Waals surface area contributed by atoms with Gasteiger partial charge in [-0.15, -0.1) is 0 Å². The predicted octanol–water partition coefficient (Wildman–Crippen LogP) is 4.63. The van der Waals surface area contributed by atoms with E-state index in [4.69, 9.17) is 39.5 Å². The highest BCUT2D eigenvalue weighted by atomic mass is 35.5. The molecule has 0 aliphatic rings. The number of ether oxygens (including phenoxy) is 1. The molecule has 0 radical (unpaired) electrons. The fourth-order valence-electron chi connectivity index (χ4n) is 2.50. The molecule has 1 heterocycles. The summed E-state index contributed by atoms with van der Waals surface area (Å²) in [5.41, 5.74) is -1.23. The minimum atomic E-state index is -1.13. The van der Waals surface area contributed by atoms with Crippen molar-refractivity contribution in [2.45, 2.75) is 6.92 Å². The lowest BCUT2D eigenvalue weighted by Crippen LogP contribution is -2.26. The summed E-state index contributed by atoms with van der Waals surface area (Å²) < 4.78 is 6.25. The van der Waals surface area contributed by atoms with Crippen molar-refractivity contribution in [2.24, 2.45) is 0 Å². The van der Waals surface area contributed by atoms with Gasteiger partial charge in [-0.2, -0.15) is 5.10 Å². The molecule has 3 aromatic rings. The zero-order chi connectivity index (χ0) is 21.3. The second-order valence-electron chi connectivity index (χ2n) is 5.74. The monoisotopic (exact) mass is 453 g/mol. The largest absolute Gasteiger partial charge is 0.418 e. The van der Waals surface area contributed by atoms with Crippen molar-refractivity contribution in [3.63, 3.8) is 0 Å². The van der Waals surface area contributed by atoms with Gasteiger partial charge in [0.2, 0.25) is 11.1 Å². The van der Waals surface area contributed by atoms with Gasteiger partial charge < -0.3 is 4.74 Å². The SMILES string of the molecule is Cc1cc(=O)c(C(=O)Oc2c(Cl)cc(Cl)cc2Cl)nn1-c1ccccc1[N+](=O)[O-]. The van der Waals surface area contributed by atoms with E-state index in [-0.39, 0.29) is 37.9 Å². The summed E-state index contributed by atoms with van der Waals surface area (Å²) in [7, 11) is 0. The van der Waals surface area contributed by atoms with E-state index in [1.54, 1.807) is 6.07 Å². The summed E-state index contributed by atoms with van der Waals surface area (Å²) >= 11 is 17.8. The second-order valence-corrected chi connectivity index (χ2v) is 7.00. The number of hydrogen-bond donors (Lipinski definition) is 0. The molecule has 3 rings (SSSR count). The van der Waals surface area contributed by atoms with Gasteiger partial charge in [-0.25, -0.2) is 9.48 Å². The fraction of sp³-hybridized carbons (Fsp3) is 0.0556. The number of aryl methyl sites for hydroxylation is 1. The Balaban J connectivity index is 2.09. The van der Waals surface area contributed by atoms with Gasteiger partial charge in [0.25, 0.3) is 5.69 Å². The Hall–Kier alpha value is -2.94. The standard InChI is InChI=1S/C18H10Cl3N3O5/c1-9-6-15(25)16(18(26)29-17-11(20)7-10(19)8-12(17)21)22-23(9)13-4-2-3-5-14(13)24(27)28/h2-8H,1H3. The molecule has 0 aliphatic carbocycles. The van der Waals surface area contributed by atoms with Gasteiger partial charge in [-0.05, 0) is 25.1 Å². The number of nitro groups is 1. The van der Waals surface area contributed by atoms with E-state index in [9.17, 15) is 19.7 Å². The molecule has 11 heteroatoms. The number of esters is 1. The second kappa shape index (κ2) is 8.20. The van der Waals surface area contributed by atoms with Crippen molar-refractivity contribution in [3.05, 3.63) is 89.3 Å². The zero-order valence-corrected chi connectivity index (χ0v) is 16.8. The number of rotatable bonds is 4. The topological polar surface area (TPSA) is 104 Å². The van der Waals surface area contributed by atoms with E-state index in [0.717, 1.165) is 10.7 Å². The minimum Gasteiger partial charge on any atom is -0.418 e. The molecule has 2 aromatic carbocycles. The highest BCUT2D eigenvalue weighted by molar-refractivity contribution is 6.40. The third kappa shape index (κ3) is 4.24. The first-order valence-electron chi connectivity index (χ1n) is 7.90. The van der Waals surface area contributed by atoms with Crippen LogP contribution >= 0.6 is 34.8 Å². The van der Waals surface area contributed by atoms with E-state index >= 15 is 0 Å². The quantitative estimate of drug-likeness (QED) is 0.246. The summed E-state index contributed by atoms with van der Waals surface area (Å²) in [5.74, 6) is -1.32. The van der Waals surface area contributed by atoms with Crippen molar-refractivity contribution in [1.29, 1.82) is 0 Å². The number of carbonyl (C=O) groups is 1. The molecule has 0 spiro atoms. The number of nitrogens with zero attached hydrogens (tertiary/aromatic N) is 3. The molecular weight excluding hydrogens is 445 g/mol. The molecule has 0 saturated carbocycles. The molecular formula is C18H10Cl3N3O5. The minimum absolute atomic E-state index is 0.0398. The van der Waals surface area contributed by atoms with E-state index < -0.39 is 22.0 Å². The Bertz CT molecular complexity index is 1190. The van der Waals surface area contributed by atoms with Gasteiger partial charge >= 0.3 is 5.97 Å². The van der Waals surface area contributed by atoms with Crippen LogP contribution in [0.2, 0.25) is 15.1 Å². The molecule has 0 fully saturated rings. The van der Waals surface area contributed by atoms with Gasteiger partial charge in [0.15, 0.2) is 5.75 Å². The predicted molar refractivity (Wildman–Crippen MR) is 108 cm³/mol. The Morgan fingerprint density at radius 2 is 1.76 bits per heavy atom. The van der Waals surface area contributed by atoms with Crippen LogP contribution < -0.4 is 10.2 Å². The first-order valence-corrected chi connectivity index (χ1v) is 9.04. The maximum absolute atomic E-state index is 12.6. The van der Waals surface area contributed by atoms with E-state index in [0.29, 0.717) is 0 Å². The summed E-state index contributed by atoms with van der Waals surface area (Å²) in [6.45, 7) is 1.52. The molecule has 29 heavy (non-hydrogen) atoms. The lowest BCUT2D eigenvalue weighted by molar-refractivity contribution is -0.384. The molecule has 0 bridgehead atoms. The Kier molecular flexibility index (Phi) is 5.88. The molecule has 148 valence electrons. The van der Waals surface area contributed by atoms with Crippen LogP contribution in [0.5, 0.6) is 5.75 Å². The summed E-state index contributed by atoms with van der Waals surface area (Å²) in [5, 5.41) is 15.4. The van der Waals surface area contributed by atoms with E-state index in [2.05, 4.69) is 5.10 Å². The smallest absolute Gasteiger partial charge is 0.368 e. The number of halogens is 3. The van der Waals surface area contributed by atoms with Crippen LogP contribution in [-0.2, 0) is 0 Å². The maximum atomic E-state index is 12.6. The van der Waals surface area contributed by atoms with Crippen LogP contribution in [0.4, 0.5) is 5.69 Å². The Morgan fingerprint density at radius 3 is 2.38 bits per heavy atom. The third-order valence-corrected chi connectivity index (χ3v) is 4.54. The average Bonchev–Trinajstić information content (AvgIpc) is 2.64. The van der Waals surface area contributed by atoms with Crippen molar-refractivity contribution >= 4 is 46.5 Å². The van der Waals surface area contributed by atoms with Gasteiger partial charge in [-0.1, -0.05) is 46.9 Å². The van der Waals surface area contributed by atoms with Gasteiger partial charge in [-0.3, -0.25) is 14.9 Å². The average molecular weight is 455 g/mol. The first kappa shape index (κ1) is 20.8. The molecule has 0 atom stereocenters. The zero-order valence-electron chi connectivity index (χ0n) is 14.6. The number of hydrogen-bond acceptors (Lipinski definition) is 6. The number of carbonyl (C=O) groups excluding carboxylic acids is 1. The van der Waals surface area contributed by atoms with Crippen molar-refractivity contribution < 1.29 is 14.5 Å². The normalized spacial score (nSPS) is 10.6. The van der Waals surface area contributed by atoms with E-state index in [1.807, 2.05) is 0 Å². The summed E-state index contributed by atoms with van der Waals surface area (Å²) in [6, 6.07) is 9.50. The lowest BCUT2D eigenvalue weighted by atomic mass is 10.2. The maximum Gasteiger partial charge on any atom is 0.368 e. The van der Waals surface area contributed by atoms with Gasteiger partial charge in [0, 0.05) is 22.8 Å². The molecule has 0 unspecified atom stereocenters. The van der Waals surface area contributed by atoms with Crippen LogP contribution in [0, 0.1) is 17.0 Å². The van der Waals surface area contributed by atoms with Gasteiger partial charge in [0.05, 0.1) is 15.0 Å². The number of para-hydroxylation sites is 2. The number of benzene rings is 2. The lowest BCUT2D eigenvalue weighted by Gasteiger charge is -2.12. The summed E-state index contributed by atoms with van der Waals surface area (Å²) in [4.78, 5) is 35.6.